The van der Waals surface area contributed by atoms with Crippen molar-refractivity contribution in [2.24, 2.45) is 0 Å². The summed E-state index contributed by atoms with van der Waals surface area (Å²) >= 11 is 6.21. The molecule has 1 fully saturated rings. The van der Waals surface area contributed by atoms with Crippen LogP contribution in [-0.4, -0.2) is 26.2 Å². The third kappa shape index (κ3) is 2.99. The van der Waals surface area contributed by atoms with E-state index in [-0.39, 0.29) is 0 Å². The predicted molar refractivity (Wildman–Crippen MR) is 79.7 cm³/mol. The minimum Gasteiger partial charge on any atom is -0.372 e. The Morgan fingerprint density at radius 1 is 1.22 bits per heavy atom. The lowest BCUT2D eigenvalue weighted by atomic mass is 9.90. The Balaban J connectivity index is 2.03. The average Bonchev–Trinajstić information content (AvgIpc) is 2.41. The lowest BCUT2D eigenvalue weighted by Crippen LogP contribution is -2.39. The molecule has 0 heterocycles. The van der Waals surface area contributed by atoms with Crippen molar-refractivity contribution in [2.45, 2.75) is 44.7 Å². The van der Waals surface area contributed by atoms with Gasteiger partial charge < -0.3 is 10.2 Å². The molecule has 1 aliphatic rings. The largest absolute Gasteiger partial charge is 0.372 e. The van der Waals surface area contributed by atoms with Gasteiger partial charge in [0.05, 0.1) is 0 Å². The van der Waals surface area contributed by atoms with Gasteiger partial charge in [-0.05, 0) is 57.4 Å². The van der Waals surface area contributed by atoms with Crippen LogP contribution in [0.3, 0.4) is 0 Å². The van der Waals surface area contributed by atoms with E-state index in [1.165, 1.54) is 31.4 Å². The van der Waals surface area contributed by atoms with Crippen molar-refractivity contribution in [2.75, 3.05) is 19.0 Å². The number of hydrogen-bond donors (Lipinski definition) is 1. The summed E-state index contributed by atoms with van der Waals surface area (Å²) in [5, 5.41) is 4.24. The van der Waals surface area contributed by atoms with Gasteiger partial charge in [0.15, 0.2) is 0 Å². The maximum atomic E-state index is 6.21. The van der Waals surface area contributed by atoms with Crippen LogP contribution in [0, 0.1) is 6.92 Å². The van der Waals surface area contributed by atoms with Crippen LogP contribution in [0.2, 0.25) is 5.02 Å². The first kappa shape index (κ1) is 13.7. The number of rotatable bonds is 3. The van der Waals surface area contributed by atoms with Crippen LogP contribution in [0.15, 0.2) is 18.2 Å². The molecule has 0 unspecified atom stereocenters. The summed E-state index contributed by atoms with van der Waals surface area (Å²) in [6.07, 6.45) is 5.05. The molecule has 0 aliphatic heterocycles. The van der Waals surface area contributed by atoms with E-state index < -0.39 is 0 Å². The monoisotopic (exact) mass is 266 g/mol. The third-order valence-corrected chi connectivity index (χ3v) is 4.62. The Kier molecular flexibility index (Phi) is 4.52. The van der Waals surface area contributed by atoms with Crippen molar-refractivity contribution in [3.8, 4) is 0 Å². The minimum atomic E-state index is 0.647. The highest BCUT2D eigenvalue weighted by atomic mass is 35.5. The van der Waals surface area contributed by atoms with Crippen LogP contribution in [0.5, 0.6) is 0 Å². The average molecular weight is 267 g/mol. The highest BCUT2D eigenvalue weighted by Gasteiger charge is 2.23. The van der Waals surface area contributed by atoms with Gasteiger partial charge in [-0.1, -0.05) is 17.7 Å². The molecule has 2 rings (SSSR count). The van der Waals surface area contributed by atoms with Gasteiger partial charge in [0, 0.05) is 29.8 Å². The zero-order valence-electron chi connectivity index (χ0n) is 11.5. The normalized spacial score (nSPS) is 24.0. The standard InChI is InChI=1S/C15H23ClN2/c1-11-4-7-14(10-15(11)16)18(3)13-8-5-12(17-2)6-9-13/h4,7,10,12-13,17H,5-6,8-9H2,1-3H3. The number of nitrogens with zero attached hydrogens (tertiary/aromatic N) is 1. The van der Waals surface area contributed by atoms with Crippen LogP contribution >= 0.6 is 11.6 Å². The topological polar surface area (TPSA) is 15.3 Å². The van der Waals surface area contributed by atoms with E-state index in [0.29, 0.717) is 12.1 Å². The summed E-state index contributed by atoms with van der Waals surface area (Å²) in [5.74, 6) is 0. The van der Waals surface area contributed by atoms with Crippen molar-refractivity contribution in [3.05, 3.63) is 28.8 Å². The first-order chi connectivity index (χ1) is 8.61. The van der Waals surface area contributed by atoms with E-state index in [1.54, 1.807) is 0 Å². The summed E-state index contributed by atoms with van der Waals surface area (Å²) in [4.78, 5) is 2.39. The second-order valence-electron chi connectivity index (χ2n) is 5.34. The fourth-order valence-electron chi connectivity index (χ4n) is 2.76. The molecule has 1 aliphatic carbocycles. The molecule has 2 nitrogen and oxygen atoms in total. The molecule has 0 bridgehead atoms. The maximum absolute atomic E-state index is 6.21. The predicted octanol–water partition coefficient (Wildman–Crippen LogP) is 3.62. The quantitative estimate of drug-likeness (QED) is 0.899. The number of halogens is 1. The summed E-state index contributed by atoms with van der Waals surface area (Å²) in [6.45, 7) is 2.05. The van der Waals surface area contributed by atoms with E-state index in [9.17, 15) is 0 Å². The SMILES string of the molecule is CNC1CCC(N(C)c2ccc(C)c(Cl)c2)CC1. The summed E-state index contributed by atoms with van der Waals surface area (Å²) in [6, 6.07) is 7.71. The van der Waals surface area contributed by atoms with Gasteiger partial charge in [0.1, 0.15) is 0 Å². The minimum absolute atomic E-state index is 0.647. The summed E-state index contributed by atoms with van der Waals surface area (Å²) < 4.78 is 0. The molecule has 0 spiro atoms. The van der Waals surface area contributed by atoms with Crippen molar-refractivity contribution in [3.63, 3.8) is 0 Å². The van der Waals surface area contributed by atoms with Crippen molar-refractivity contribution < 1.29 is 0 Å². The lowest BCUT2D eigenvalue weighted by Gasteiger charge is -2.36. The molecule has 3 heteroatoms. The smallest absolute Gasteiger partial charge is 0.0455 e. The molecule has 1 N–H and O–H groups in total. The van der Waals surface area contributed by atoms with Crippen LogP contribution in [0.4, 0.5) is 5.69 Å². The number of nitrogens with one attached hydrogen (secondary N) is 1. The van der Waals surface area contributed by atoms with E-state index in [4.69, 9.17) is 11.6 Å². The number of aryl methyl sites for hydroxylation is 1. The summed E-state index contributed by atoms with van der Waals surface area (Å²) in [5.41, 5.74) is 2.38. The fraction of sp³-hybridized carbons (Fsp3) is 0.600. The fourth-order valence-corrected chi connectivity index (χ4v) is 2.94. The van der Waals surface area contributed by atoms with Gasteiger partial charge in [-0.15, -0.1) is 0 Å². The highest BCUT2D eigenvalue weighted by molar-refractivity contribution is 6.31. The second-order valence-corrected chi connectivity index (χ2v) is 5.75. The number of benzene rings is 1. The van der Waals surface area contributed by atoms with Gasteiger partial charge in [-0.3, -0.25) is 0 Å². The molecule has 1 saturated carbocycles. The molecule has 100 valence electrons. The number of hydrogen-bond acceptors (Lipinski definition) is 2. The van der Waals surface area contributed by atoms with Crippen LogP contribution in [0.25, 0.3) is 0 Å². The molecule has 0 atom stereocenters. The van der Waals surface area contributed by atoms with Gasteiger partial charge >= 0.3 is 0 Å². The summed E-state index contributed by atoms with van der Waals surface area (Å²) in [7, 11) is 4.25. The lowest BCUT2D eigenvalue weighted by molar-refractivity contribution is 0.351. The van der Waals surface area contributed by atoms with E-state index >= 15 is 0 Å². The highest BCUT2D eigenvalue weighted by Crippen LogP contribution is 2.28. The van der Waals surface area contributed by atoms with Gasteiger partial charge in [0.25, 0.3) is 0 Å². The van der Waals surface area contributed by atoms with Gasteiger partial charge in [-0.2, -0.15) is 0 Å². The van der Waals surface area contributed by atoms with E-state index in [0.717, 1.165) is 10.6 Å². The van der Waals surface area contributed by atoms with Crippen molar-refractivity contribution in [1.82, 2.24) is 5.32 Å². The van der Waals surface area contributed by atoms with E-state index in [2.05, 4.69) is 42.5 Å². The Bertz CT molecular complexity index is 397. The Hall–Kier alpha value is -0.730. The molecule has 0 saturated heterocycles. The molecule has 0 amide bonds. The third-order valence-electron chi connectivity index (χ3n) is 4.22. The first-order valence-corrected chi connectivity index (χ1v) is 7.16. The van der Waals surface area contributed by atoms with Crippen molar-refractivity contribution in [1.29, 1.82) is 0 Å². The Morgan fingerprint density at radius 2 is 1.89 bits per heavy atom. The maximum Gasteiger partial charge on any atom is 0.0455 e. The van der Waals surface area contributed by atoms with Gasteiger partial charge in [0.2, 0.25) is 0 Å². The van der Waals surface area contributed by atoms with Crippen molar-refractivity contribution >= 4 is 17.3 Å². The van der Waals surface area contributed by atoms with Crippen LogP contribution in [-0.2, 0) is 0 Å². The Morgan fingerprint density at radius 3 is 2.44 bits per heavy atom. The first-order valence-electron chi connectivity index (χ1n) is 6.78. The second kappa shape index (κ2) is 5.94. The molecular weight excluding hydrogens is 244 g/mol. The molecule has 0 aromatic heterocycles. The van der Waals surface area contributed by atoms with Gasteiger partial charge in [-0.25, -0.2) is 0 Å². The van der Waals surface area contributed by atoms with Crippen LogP contribution in [0.1, 0.15) is 31.2 Å². The Labute approximate surface area is 115 Å². The zero-order valence-corrected chi connectivity index (χ0v) is 12.3. The molecule has 0 radical (unpaired) electrons. The number of anilines is 1. The van der Waals surface area contributed by atoms with Crippen LogP contribution < -0.4 is 10.2 Å². The van der Waals surface area contributed by atoms with E-state index in [1.807, 2.05) is 6.92 Å². The molecule has 1 aromatic rings. The molecular formula is C15H23ClN2. The molecule has 1 aromatic carbocycles. The molecule has 18 heavy (non-hydrogen) atoms. The zero-order chi connectivity index (χ0) is 13.1.